The Morgan fingerprint density at radius 3 is 2.65 bits per heavy atom. The highest BCUT2D eigenvalue weighted by atomic mass is 32.2. The van der Waals surface area contributed by atoms with Gasteiger partial charge < -0.3 is 9.67 Å². The van der Waals surface area contributed by atoms with Crippen LogP contribution in [-0.4, -0.2) is 32.7 Å². The fraction of sp³-hybridized carbons (Fsp3) is 0.214. The number of nitrogens with zero attached hydrogens (tertiary/aromatic N) is 2. The van der Waals surface area contributed by atoms with Crippen LogP contribution in [0.1, 0.15) is 33.3 Å². The molecule has 2 aromatic rings. The van der Waals surface area contributed by atoms with Crippen LogP contribution in [0.15, 0.2) is 35.6 Å². The van der Waals surface area contributed by atoms with Crippen molar-refractivity contribution in [3.63, 3.8) is 0 Å². The number of thioether (sulfide) groups is 1. The summed E-state index contributed by atoms with van der Waals surface area (Å²) in [5.74, 6) is -0.0808. The molecule has 1 heterocycles. The largest absolute Gasteiger partial charge is 0.478 e. The summed E-state index contributed by atoms with van der Waals surface area (Å²) in [6.07, 6.45) is 2.33. The molecule has 0 unspecified atom stereocenters. The van der Waals surface area contributed by atoms with Crippen molar-refractivity contribution in [3.8, 4) is 0 Å². The van der Waals surface area contributed by atoms with Crippen LogP contribution in [0.4, 0.5) is 0 Å². The lowest BCUT2D eigenvalue weighted by molar-refractivity contribution is 0.0696. The average molecular weight is 290 g/mol. The third-order valence-corrected chi connectivity index (χ3v) is 3.66. The summed E-state index contributed by atoms with van der Waals surface area (Å²) in [4.78, 5) is 26.1. The number of rotatable bonds is 6. The highest BCUT2D eigenvalue weighted by Gasteiger charge is 2.10. The summed E-state index contributed by atoms with van der Waals surface area (Å²) in [5.41, 5.74) is 1.69. The van der Waals surface area contributed by atoms with Gasteiger partial charge in [0.1, 0.15) is 5.69 Å². The third-order valence-electron chi connectivity index (χ3n) is 2.79. The van der Waals surface area contributed by atoms with E-state index in [9.17, 15) is 9.59 Å². The SMILES string of the molecule is CCSc1ncc(C=O)n1Cc1ccc(C(=O)O)cc1. The summed E-state index contributed by atoms with van der Waals surface area (Å²) >= 11 is 1.56. The summed E-state index contributed by atoms with van der Waals surface area (Å²) in [5, 5.41) is 9.65. The van der Waals surface area contributed by atoms with Gasteiger partial charge in [0.25, 0.3) is 0 Å². The van der Waals surface area contributed by atoms with Crippen molar-refractivity contribution < 1.29 is 14.7 Å². The van der Waals surface area contributed by atoms with Crippen molar-refractivity contribution in [2.45, 2.75) is 18.6 Å². The minimum Gasteiger partial charge on any atom is -0.478 e. The lowest BCUT2D eigenvalue weighted by Crippen LogP contribution is -2.06. The van der Waals surface area contributed by atoms with Gasteiger partial charge in [-0.15, -0.1) is 0 Å². The van der Waals surface area contributed by atoms with Crippen LogP contribution < -0.4 is 0 Å². The van der Waals surface area contributed by atoms with Crippen molar-refractivity contribution in [3.05, 3.63) is 47.3 Å². The lowest BCUT2D eigenvalue weighted by atomic mass is 10.1. The molecule has 0 aliphatic heterocycles. The molecule has 0 aliphatic rings. The molecule has 1 N–H and O–H groups in total. The van der Waals surface area contributed by atoms with E-state index in [-0.39, 0.29) is 5.56 Å². The van der Waals surface area contributed by atoms with Crippen molar-refractivity contribution in [1.29, 1.82) is 0 Å². The molecule has 0 saturated carbocycles. The molecule has 0 amide bonds. The maximum Gasteiger partial charge on any atom is 0.335 e. The monoisotopic (exact) mass is 290 g/mol. The van der Waals surface area contributed by atoms with E-state index in [1.807, 2.05) is 11.5 Å². The van der Waals surface area contributed by atoms with Gasteiger partial charge in [-0.25, -0.2) is 9.78 Å². The van der Waals surface area contributed by atoms with Crippen molar-refractivity contribution in [2.24, 2.45) is 0 Å². The zero-order valence-electron chi connectivity index (χ0n) is 10.9. The van der Waals surface area contributed by atoms with Crippen LogP contribution in [0.3, 0.4) is 0 Å². The van der Waals surface area contributed by atoms with Gasteiger partial charge in [0.2, 0.25) is 0 Å². The molecule has 20 heavy (non-hydrogen) atoms. The predicted octanol–water partition coefficient (Wildman–Crippen LogP) is 2.55. The zero-order valence-corrected chi connectivity index (χ0v) is 11.8. The van der Waals surface area contributed by atoms with Gasteiger partial charge in [-0.2, -0.15) is 0 Å². The van der Waals surface area contributed by atoms with Gasteiger partial charge in [-0.05, 0) is 23.4 Å². The molecule has 0 aliphatic carbocycles. The number of carbonyl (C=O) groups is 2. The molecule has 0 fully saturated rings. The Morgan fingerprint density at radius 2 is 2.10 bits per heavy atom. The highest BCUT2D eigenvalue weighted by Crippen LogP contribution is 2.19. The number of aromatic carboxylic acids is 1. The van der Waals surface area contributed by atoms with E-state index in [1.54, 1.807) is 42.2 Å². The topological polar surface area (TPSA) is 72.2 Å². The number of hydrogen-bond acceptors (Lipinski definition) is 4. The number of carboxylic acids is 1. The molecule has 104 valence electrons. The van der Waals surface area contributed by atoms with E-state index < -0.39 is 5.97 Å². The van der Waals surface area contributed by atoms with E-state index in [1.165, 1.54) is 0 Å². The van der Waals surface area contributed by atoms with Crippen molar-refractivity contribution in [1.82, 2.24) is 9.55 Å². The quantitative estimate of drug-likeness (QED) is 0.654. The van der Waals surface area contributed by atoms with E-state index in [2.05, 4.69) is 4.98 Å². The smallest absolute Gasteiger partial charge is 0.335 e. The summed E-state index contributed by atoms with van der Waals surface area (Å²) < 4.78 is 1.83. The molecule has 0 atom stereocenters. The second-order valence-corrected chi connectivity index (χ2v) is 5.34. The standard InChI is InChI=1S/C14H14N2O3S/c1-2-20-14-15-7-12(9-17)16(14)8-10-3-5-11(6-4-10)13(18)19/h3-7,9H,2,8H2,1H3,(H,18,19). The van der Waals surface area contributed by atoms with Gasteiger partial charge in [-0.3, -0.25) is 4.79 Å². The molecule has 5 nitrogen and oxygen atoms in total. The summed E-state index contributed by atoms with van der Waals surface area (Å²) in [6, 6.07) is 6.61. The zero-order chi connectivity index (χ0) is 14.5. The lowest BCUT2D eigenvalue weighted by Gasteiger charge is -2.09. The van der Waals surface area contributed by atoms with Crippen LogP contribution in [0.5, 0.6) is 0 Å². The molecule has 0 spiro atoms. The Kier molecular flexibility index (Phi) is 4.57. The molecule has 0 bridgehead atoms. The van der Waals surface area contributed by atoms with E-state index >= 15 is 0 Å². The number of aromatic nitrogens is 2. The molecule has 2 rings (SSSR count). The van der Waals surface area contributed by atoms with Gasteiger partial charge in [0.05, 0.1) is 18.3 Å². The van der Waals surface area contributed by atoms with Gasteiger partial charge in [0.15, 0.2) is 11.4 Å². The first-order valence-corrected chi connectivity index (χ1v) is 7.10. The first-order valence-electron chi connectivity index (χ1n) is 6.11. The Morgan fingerprint density at radius 1 is 1.40 bits per heavy atom. The fourth-order valence-corrected chi connectivity index (χ4v) is 2.51. The number of imidazole rings is 1. The first-order chi connectivity index (χ1) is 9.65. The highest BCUT2D eigenvalue weighted by molar-refractivity contribution is 7.99. The van der Waals surface area contributed by atoms with E-state index in [0.717, 1.165) is 22.8 Å². The Hall–Kier alpha value is -2.08. The van der Waals surface area contributed by atoms with Crippen LogP contribution >= 0.6 is 11.8 Å². The van der Waals surface area contributed by atoms with Crippen molar-refractivity contribution in [2.75, 3.05) is 5.75 Å². The van der Waals surface area contributed by atoms with Crippen LogP contribution in [0.25, 0.3) is 0 Å². The third kappa shape index (κ3) is 3.08. The number of benzene rings is 1. The second kappa shape index (κ2) is 6.38. The molecule has 0 saturated heterocycles. The Labute approximate surface area is 120 Å². The van der Waals surface area contributed by atoms with Crippen LogP contribution in [0.2, 0.25) is 0 Å². The molecule has 6 heteroatoms. The fourth-order valence-electron chi connectivity index (χ4n) is 1.80. The minimum absolute atomic E-state index is 0.248. The number of carboxylic acid groups (broad SMARTS) is 1. The maximum atomic E-state index is 11.0. The average Bonchev–Trinajstić information content (AvgIpc) is 2.82. The minimum atomic E-state index is -0.949. The second-order valence-electron chi connectivity index (χ2n) is 4.10. The van der Waals surface area contributed by atoms with Crippen LogP contribution in [-0.2, 0) is 6.54 Å². The molecular formula is C14H14N2O3S. The first kappa shape index (κ1) is 14.3. The Balaban J connectivity index is 2.26. The summed E-state index contributed by atoms with van der Waals surface area (Å²) in [7, 11) is 0. The number of aldehydes is 1. The molecule has 0 radical (unpaired) electrons. The maximum absolute atomic E-state index is 11.0. The van der Waals surface area contributed by atoms with Gasteiger partial charge >= 0.3 is 5.97 Å². The van der Waals surface area contributed by atoms with Crippen molar-refractivity contribution >= 4 is 24.0 Å². The molecular weight excluding hydrogens is 276 g/mol. The normalized spacial score (nSPS) is 10.4. The summed E-state index contributed by atoms with van der Waals surface area (Å²) in [6.45, 7) is 2.52. The number of carbonyl (C=O) groups excluding carboxylic acids is 1. The van der Waals surface area contributed by atoms with E-state index in [0.29, 0.717) is 12.2 Å². The Bertz CT molecular complexity index is 620. The van der Waals surface area contributed by atoms with Crippen LogP contribution in [0, 0.1) is 0 Å². The molecule has 1 aromatic heterocycles. The number of hydrogen-bond donors (Lipinski definition) is 1. The van der Waals surface area contributed by atoms with Gasteiger partial charge in [0, 0.05) is 0 Å². The predicted molar refractivity (Wildman–Crippen MR) is 76.5 cm³/mol. The van der Waals surface area contributed by atoms with Gasteiger partial charge in [-0.1, -0.05) is 30.8 Å². The van der Waals surface area contributed by atoms with E-state index in [4.69, 9.17) is 5.11 Å². The molecule has 1 aromatic carbocycles.